The lowest BCUT2D eigenvalue weighted by molar-refractivity contribution is -0.117. The van der Waals surface area contributed by atoms with Crippen molar-refractivity contribution in [3.8, 4) is 11.3 Å². The normalized spacial score (nSPS) is 13.0. The summed E-state index contributed by atoms with van der Waals surface area (Å²) in [5.74, 6) is -1.11. The Bertz CT molecular complexity index is 1130. The number of anilines is 2. The maximum atomic E-state index is 14.8. The van der Waals surface area contributed by atoms with Gasteiger partial charge in [-0.3, -0.25) is 14.6 Å². The van der Waals surface area contributed by atoms with Crippen molar-refractivity contribution in [2.75, 3.05) is 16.8 Å². The lowest BCUT2D eigenvalue weighted by atomic mass is 10.1. The lowest BCUT2D eigenvalue weighted by Crippen LogP contribution is -2.31. The Kier molecular flexibility index (Phi) is 6.20. The van der Waals surface area contributed by atoms with Crippen molar-refractivity contribution in [1.82, 2.24) is 9.97 Å². The van der Waals surface area contributed by atoms with Gasteiger partial charge in [-0.25, -0.2) is 9.37 Å². The van der Waals surface area contributed by atoms with E-state index in [-0.39, 0.29) is 23.9 Å². The van der Waals surface area contributed by atoms with Crippen LogP contribution in [0, 0.1) is 17.7 Å². The lowest BCUT2D eigenvalue weighted by Gasteiger charge is -2.22. The molecule has 0 atom stereocenters. The molecule has 1 fully saturated rings. The average Bonchev–Trinajstić information content (AvgIpc) is 3.59. The predicted octanol–water partition coefficient (Wildman–Crippen LogP) is 4.37. The Balaban J connectivity index is 1.43. The fourth-order valence-corrected chi connectivity index (χ4v) is 3.38. The van der Waals surface area contributed by atoms with Gasteiger partial charge in [0.2, 0.25) is 17.8 Å². The second kappa shape index (κ2) is 9.21. The fraction of sp³-hybridized carbons (Fsp3) is 0.250. The highest BCUT2D eigenvalue weighted by Gasteiger charge is 2.27. The molecule has 3 aromatic rings. The minimum atomic E-state index is -0.602. The van der Waals surface area contributed by atoms with Crippen molar-refractivity contribution in [2.24, 2.45) is 5.92 Å². The monoisotopic (exact) mass is 436 g/mol. The van der Waals surface area contributed by atoms with Crippen LogP contribution in [0.25, 0.3) is 11.3 Å². The molecule has 1 aromatic carbocycles. The van der Waals surface area contributed by atoms with Gasteiger partial charge in [0.25, 0.3) is 0 Å². The van der Waals surface area contributed by atoms with Crippen LogP contribution in [0.15, 0.2) is 54.9 Å². The summed E-state index contributed by atoms with van der Waals surface area (Å²) in [4.78, 5) is 33.4. The molecule has 1 aliphatic rings. The van der Waals surface area contributed by atoms with Crippen molar-refractivity contribution >= 4 is 23.2 Å². The number of carbonyl (C=O) groups is 2. The van der Waals surface area contributed by atoms with Crippen LogP contribution < -0.4 is 10.2 Å². The summed E-state index contributed by atoms with van der Waals surface area (Å²) in [7, 11) is 0. The Morgan fingerprint density at radius 1 is 1.06 bits per heavy atom. The minimum Gasteiger partial charge on any atom is -0.324 e. The van der Waals surface area contributed by atoms with Crippen molar-refractivity contribution < 1.29 is 18.4 Å². The van der Waals surface area contributed by atoms with Gasteiger partial charge in [-0.05, 0) is 54.7 Å². The molecule has 4 rings (SSSR count). The standard InChI is InChI=1S/C24H22F2N4O2/c1-15(31)30(14-16-2-3-16)22-8-5-18(11-20(22)25)21-7-6-19(13-27-21)29-24(32)10-17-4-9-23(26)28-12-17/h4-9,11-13,16H,2-3,10,14H2,1H3,(H,29,32). The number of amides is 2. The molecule has 0 aliphatic heterocycles. The quantitative estimate of drug-likeness (QED) is 0.559. The van der Waals surface area contributed by atoms with Gasteiger partial charge >= 0.3 is 0 Å². The molecular weight excluding hydrogens is 414 g/mol. The zero-order valence-corrected chi connectivity index (χ0v) is 17.5. The largest absolute Gasteiger partial charge is 0.324 e. The summed E-state index contributed by atoms with van der Waals surface area (Å²) in [6.45, 7) is 1.98. The summed E-state index contributed by atoms with van der Waals surface area (Å²) in [5, 5.41) is 2.71. The average molecular weight is 436 g/mol. The second-order valence-electron chi connectivity index (χ2n) is 7.89. The fourth-order valence-electron chi connectivity index (χ4n) is 3.38. The Labute approximate surface area is 184 Å². The SMILES string of the molecule is CC(=O)N(CC1CC1)c1ccc(-c2ccc(NC(=O)Cc3ccc(F)nc3)cn2)cc1F. The van der Waals surface area contributed by atoms with Gasteiger partial charge in [0.1, 0.15) is 5.82 Å². The molecule has 8 heteroatoms. The van der Waals surface area contributed by atoms with Gasteiger partial charge in [-0.2, -0.15) is 4.39 Å². The summed E-state index contributed by atoms with van der Waals surface area (Å²) in [5.41, 5.74) is 2.44. The number of pyridine rings is 2. The first kappa shape index (κ1) is 21.5. The number of nitrogens with zero attached hydrogens (tertiary/aromatic N) is 3. The number of halogens is 2. The number of benzene rings is 1. The molecule has 0 spiro atoms. The third-order valence-corrected chi connectivity index (χ3v) is 5.25. The molecule has 6 nitrogen and oxygen atoms in total. The highest BCUT2D eigenvalue weighted by molar-refractivity contribution is 5.93. The van der Waals surface area contributed by atoms with Crippen LogP contribution in [0.2, 0.25) is 0 Å². The first-order valence-corrected chi connectivity index (χ1v) is 10.3. The summed E-state index contributed by atoms with van der Waals surface area (Å²) < 4.78 is 27.7. The van der Waals surface area contributed by atoms with E-state index in [2.05, 4.69) is 15.3 Å². The number of carbonyl (C=O) groups excluding carboxylic acids is 2. The number of rotatable bonds is 7. The van der Waals surface area contributed by atoms with Gasteiger partial charge in [0.05, 0.1) is 29.7 Å². The zero-order chi connectivity index (χ0) is 22.7. The molecule has 1 N–H and O–H groups in total. The van der Waals surface area contributed by atoms with E-state index in [1.54, 1.807) is 24.3 Å². The minimum absolute atomic E-state index is 0.0508. The highest BCUT2D eigenvalue weighted by atomic mass is 19.1. The number of hydrogen-bond donors (Lipinski definition) is 1. The van der Waals surface area contributed by atoms with Crippen LogP contribution in [-0.2, 0) is 16.0 Å². The van der Waals surface area contributed by atoms with Crippen molar-refractivity contribution in [1.29, 1.82) is 0 Å². The van der Waals surface area contributed by atoms with Gasteiger partial charge in [0, 0.05) is 25.2 Å². The topological polar surface area (TPSA) is 75.2 Å². The van der Waals surface area contributed by atoms with Crippen LogP contribution in [-0.4, -0.2) is 28.3 Å². The maximum Gasteiger partial charge on any atom is 0.228 e. The van der Waals surface area contributed by atoms with Crippen LogP contribution >= 0.6 is 0 Å². The Hall–Kier alpha value is -3.68. The van der Waals surface area contributed by atoms with E-state index in [9.17, 15) is 18.4 Å². The molecule has 2 amide bonds. The first-order chi connectivity index (χ1) is 15.4. The number of nitrogens with one attached hydrogen (secondary N) is 1. The molecule has 0 bridgehead atoms. The van der Waals surface area contributed by atoms with Gasteiger partial charge in [0.15, 0.2) is 0 Å². The third kappa shape index (κ3) is 5.32. The molecule has 164 valence electrons. The molecule has 0 saturated heterocycles. The molecule has 32 heavy (non-hydrogen) atoms. The van der Waals surface area contributed by atoms with Gasteiger partial charge in [-0.1, -0.05) is 12.1 Å². The summed E-state index contributed by atoms with van der Waals surface area (Å²) in [6, 6.07) is 10.7. The van der Waals surface area contributed by atoms with Crippen molar-refractivity contribution in [2.45, 2.75) is 26.2 Å². The summed E-state index contributed by atoms with van der Waals surface area (Å²) in [6.07, 6.45) is 4.98. The van der Waals surface area contributed by atoms with E-state index in [0.29, 0.717) is 35.0 Å². The van der Waals surface area contributed by atoms with Crippen LogP contribution in [0.1, 0.15) is 25.3 Å². The van der Waals surface area contributed by atoms with E-state index in [1.807, 2.05) is 0 Å². The van der Waals surface area contributed by atoms with Crippen LogP contribution in [0.4, 0.5) is 20.2 Å². The smallest absolute Gasteiger partial charge is 0.228 e. The van der Waals surface area contributed by atoms with E-state index in [0.717, 1.165) is 12.8 Å². The summed E-state index contributed by atoms with van der Waals surface area (Å²) >= 11 is 0. The van der Waals surface area contributed by atoms with E-state index >= 15 is 0 Å². The van der Waals surface area contributed by atoms with E-state index in [1.165, 1.54) is 42.4 Å². The highest BCUT2D eigenvalue weighted by Crippen LogP contribution is 2.33. The van der Waals surface area contributed by atoms with Crippen LogP contribution in [0.5, 0.6) is 0 Å². The van der Waals surface area contributed by atoms with Gasteiger partial charge < -0.3 is 10.2 Å². The second-order valence-corrected chi connectivity index (χ2v) is 7.89. The first-order valence-electron chi connectivity index (χ1n) is 10.3. The molecule has 0 unspecified atom stereocenters. The zero-order valence-electron chi connectivity index (χ0n) is 17.5. The maximum absolute atomic E-state index is 14.8. The van der Waals surface area contributed by atoms with E-state index < -0.39 is 11.8 Å². The molecule has 1 aliphatic carbocycles. The molecule has 0 radical (unpaired) electrons. The van der Waals surface area contributed by atoms with Crippen LogP contribution in [0.3, 0.4) is 0 Å². The third-order valence-electron chi connectivity index (χ3n) is 5.25. The van der Waals surface area contributed by atoms with Crippen molar-refractivity contribution in [3.63, 3.8) is 0 Å². The van der Waals surface area contributed by atoms with Gasteiger partial charge in [-0.15, -0.1) is 0 Å². The van der Waals surface area contributed by atoms with Crippen molar-refractivity contribution in [3.05, 3.63) is 72.2 Å². The molecule has 2 aromatic heterocycles. The molecular formula is C24H22F2N4O2. The molecule has 2 heterocycles. The van der Waals surface area contributed by atoms with E-state index in [4.69, 9.17) is 0 Å². The molecule has 1 saturated carbocycles. The number of aromatic nitrogens is 2. The number of hydrogen-bond acceptors (Lipinski definition) is 4. The predicted molar refractivity (Wildman–Crippen MR) is 117 cm³/mol. The Morgan fingerprint density at radius 2 is 1.88 bits per heavy atom. The Morgan fingerprint density at radius 3 is 2.47 bits per heavy atom.